The largest absolute Gasteiger partial charge is 0.295 e. The minimum Gasteiger partial charge on any atom is -0.282 e. The zero-order chi connectivity index (χ0) is 18.2. The van der Waals surface area contributed by atoms with Gasteiger partial charge < -0.3 is 0 Å². The normalized spacial score (nSPS) is 17.9. The molecule has 0 fully saturated rings. The van der Waals surface area contributed by atoms with Gasteiger partial charge in [0.15, 0.2) is 0 Å². The minimum absolute atomic E-state index is 0.00761. The molecule has 3 rings (SSSR count). The number of hydrogen-bond acceptors (Lipinski definition) is 8. The van der Waals surface area contributed by atoms with Crippen LogP contribution in [0, 0.1) is 0 Å². The van der Waals surface area contributed by atoms with E-state index in [4.69, 9.17) is 11.6 Å². The molecule has 1 N–H and O–H groups in total. The summed E-state index contributed by atoms with van der Waals surface area (Å²) in [5.74, 6) is -1.03. The van der Waals surface area contributed by atoms with Crippen molar-refractivity contribution >= 4 is 45.5 Å². The van der Waals surface area contributed by atoms with E-state index in [-0.39, 0.29) is 29.1 Å². The third-order valence-corrected chi connectivity index (χ3v) is 4.31. The van der Waals surface area contributed by atoms with Crippen molar-refractivity contribution in [1.82, 2.24) is 10.2 Å². The maximum atomic E-state index is 11.9. The smallest absolute Gasteiger partial charge is 0.282 e. The van der Waals surface area contributed by atoms with Crippen LogP contribution in [0.25, 0.3) is 0 Å². The van der Waals surface area contributed by atoms with Crippen LogP contribution in [0.4, 0.5) is 0 Å². The summed E-state index contributed by atoms with van der Waals surface area (Å²) < 4.78 is 32.3. The highest BCUT2D eigenvalue weighted by Crippen LogP contribution is 2.25. The number of rotatable bonds is 4. The molecule has 0 atom stereocenters. The van der Waals surface area contributed by atoms with Gasteiger partial charge in [0.2, 0.25) is 0 Å². The second-order valence-corrected chi connectivity index (χ2v) is 6.71. The number of carbonyl (C=O) groups is 2. The van der Waals surface area contributed by atoms with E-state index in [1.54, 1.807) is 0 Å². The standard InChI is InChI=1S/C12H9ClN6O5S/c13-7-1-2-8(10(5-7)25(22,23)24)9-6-12(21)19(15-9)17-16-18-11(20)3-4-14-18/h1-2,4-5H,3,6H2,(H,22,23,24). The van der Waals surface area contributed by atoms with E-state index in [2.05, 4.69) is 20.6 Å². The molecule has 0 aromatic heterocycles. The highest BCUT2D eigenvalue weighted by Gasteiger charge is 2.29. The summed E-state index contributed by atoms with van der Waals surface area (Å²) in [4.78, 5) is 22.8. The Bertz CT molecular complexity index is 957. The molecule has 2 aliphatic heterocycles. The molecule has 0 bridgehead atoms. The van der Waals surface area contributed by atoms with Crippen molar-refractivity contribution in [3.05, 3.63) is 28.8 Å². The van der Waals surface area contributed by atoms with Crippen molar-refractivity contribution in [1.29, 1.82) is 0 Å². The number of benzene rings is 1. The van der Waals surface area contributed by atoms with Crippen molar-refractivity contribution in [2.24, 2.45) is 20.6 Å². The maximum absolute atomic E-state index is 11.9. The Labute approximate surface area is 146 Å². The first kappa shape index (κ1) is 17.1. The highest BCUT2D eigenvalue weighted by molar-refractivity contribution is 7.86. The van der Waals surface area contributed by atoms with Crippen molar-refractivity contribution < 1.29 is 22.6 Å². The molecule has 1 aromatic rings. The molecule has 11 nitrogen and oxygen atoms in total. The second kappa shape index (κ2) is 6.31. The molecule has 0 saturated heterocycles. The molecule has 1 aromatic carbocycles. The predicted octanol–water partition coefficient (Wildman–Crippen LogP) is 1.02. The molecule has 25 heavy (non-hydrogen) atoms. The predicted molar refractivity (Wildman–Crippen MR) is 84.1 cm³/mol. The van der Waals surface area contributed by atoms with Gasteiger partial charge in [-0.2, -0.15) is 13.5 Å². The molecule has 2 aliphatic rings. The lowest BCUT2D eigenvalue weighted by Gasteiger charge is -2.06. The quantitative estimate of drug-likeness (QED) is 0.608. The average Bonchev–Trinajstić information content (AvgIpc) is 3.10. The zero-order valence-corrected chi connectivity index (χ0v) is 13.8. The van der Waals surface area contributed by atoms with Crippen molar-refractivity contribution in [3.63, 3.8) is 0 Å². The molecule has 130 valence electrons. The molecule has 2 amide bonds. The number of carbonyl (C=O) groups excluding carboxylic acids is 2. The minimum atomic E-state index is -4.58. The van der Waals surface area contributed by atoms with E-state index in [1.165, 1.54) is 18.3 Å². The SMILES string of the molecule is O=C1CC=NN1N=NN1N=C(c2ccc(Cl)cc2S(=O)(=O)O)CC1=O. The number of hydrogen-bond donors (Lipinski definition) is 1. The van der Waals surface area contributed by atoms with Crippen LogP contribution in [0.3, 0.4) is 0 Å². The van der Waals surface area contributed by atoms with Crippen molar-refractivity contribution in [3.8, 4) is 0 Å². The van der Waals surface area contributed by atoms with Gasteiger partial charge in [0.05, 0.1) is 18.6 Å². The van der Waals surface area contributed by atoms with Crippen LogP contribution in [0.2, 0.25) is 5.02 Å². The first-order chi connectivity index (χ1) is 11.8. The van der Waals surface area contributed by atoms with Crippen molar-refractivity contribution in [2.75, 3.05) is 0 Å². The first-order valence-electron chi connectivity index (χ1n) is 6.70. The summed E-state index contributed by atoms with van der Waals surface area (Å²) in [7, 11) is -4.58. The molecule has 0 radical (unpaired) electrons. The van der Waals surface area contributed by atoms with Crippen LogP contribution in [0.5, 0.6) is 0 Å². The van der Waals surface area contributed by atoms with E-state index in [9.17, 15) is 22.6 Å². The van der Waals surface area contributed by atoms with Gasteiger partial charge >= 0.3 is 0 Å². The topological polar surface area (TPSA) is 144 Å². The Morgan fingerprint density at radius 2 is 1.88 bits per heavy atom. The van der Waals surface area contributed by atoms with E-state index < -0.39 is 26.8 Å². The maximum Gasteiger partial charge on any atom is 0.295 e. The number of halogens is 1. The first-order valence-corrected chi connectivity index (χ1v) is 8.52. The van der Waals surface area contributed by atoms with Gasteiger partial charge in [-0.15, -0.1) is 5.10 Å². The van der Waals surface area contributed by atoms with Crippen LogP contribution in [-0.4, -0.2) is 46.9 Å². The molecule has 13 heteroatoms. The molecular formula is C12H9ClN6O5S. The Kier molecular flexibility index (Phi) is 4.32. The fourth-order valence-electron chi connectivity index (χ4n) is 2.08. The van der Waals surface area contributed by atoms with Crippen molar-refractivity contribution in [2.45, 2.75) is 17.7 Å². The Balaban J connectivity index is 1.92. The van der Waals surface area contributed by atoms with E-state index >= 15 is 0 Å². The van der Waals surface area contributed by atoms with Gasteiger partial charge in [-0.3, -0.25) is 14.1 Å². The van der Waals surface area contributed by atoms with E-state index in [0.29, 0.717) is 10.2 Å². The fourth-order valence-corrected chi connectivity index (χ4v) is 3.05. The van der Waals surface area contributed by atoms with Gasteiger partial charge in [-0.05, 0) is 22.6 Å². The molecule has 2 heterocycles. The van der Waals surface area contributed by atoms with E-state index in [1.807, 2.05) is 0 Å². The van der Waals surface area contributed by atoms with Crippen LogP contribution >= 0.6 is 11.6 Å². The van der Waals surface area contributed by atoms with Crippen LogP contribution < -0.4 is 0 Å². The lowest BCUT2D eigenvalue weighted by Crippen LogP contribution is -2.17. The Hall–Kier alpha value is -2.70. The van der Waals surface area contributed by atoms with Crippen LogP contribution in [0.15, 0.2) is 43.7 Å². The lowest BCUT2D eigenvalue weighted by atomic mass is 10.1. The summed E-state index contributed by atoms with van der Waals surface area (Å²) >= 11 is 5.75. The summed E-state index contributed by atoms with van der Waals surface area (Å²) in [5.41, 5.74) is 0.0534. The second-order valence-electron chi connectivity index (χ2n) is 4.89. The summed E-state index contributed by atoms with van der Waals surface area (Å²) in [6.45, 7) is 0. The van der Waals surface area contributed by atoms with Gasteiger partial charge in [0.25, 0.3) is 21.9 Å². The summed E-state index contributed by atoms with van der Waals surface area (Å²) in [5, 5.41) is 15.8. The summed E-state index contributed by atoms with van der Waals surface area (Å²) in [6.07, 6.45) is 1.12. The van der Waals surface area contributed by atoms with Gasteiger partial charge in [-0.1, -0.05) is 27.9 Å². The third kappa shape index (κ3) is 3.55. The zero-order valence-electron chi connectivity index (χ0n) is 12.3. The number of amides is 2. The van der Waals surface area contributed by atoms with Gasteiger partial charge in [0.1, 0.15) is 4.90 Å². The third-order valence-electron chi connectivity index (χ3n) is 3.18. The highest BCUT2D eigenvalue weighted by atomic mass is 35.5. The van der Waals surface area contributed by atoms with Crippen LogP contribution in [-0.2, 0) is 19.7 Å². The number of hydrazone groups is 2. The molecule has 0 saturated carbocycles. The van der Waals surface area contributed by atoms with E-state index in [0.717, 1.165) is 6.07 Å². The van der Waals surface area contributed by atoms with Gasteiger partial charge in [-0.25, -0.2) is 0 Å². The fraction of sp³-hybridized carbons (Fsp3) is 0.167. The van der Waals surface area contributed by atoms with Crippen LogP contribution in [0.1, 0.15) is 18.4 Å². The molecular weight excluding hydrogens is 376 g/mol. The van der Waals surface area contributed by atoms with Gasteiger partial charge in [0, 0.05) is 16.8 Å². The summed E-state index contributed by atoms with van der Waals surface area (Å²) in [6, 6.07) is 3.74. The molecule has 0 unspecified atom stereocenters. The Morgan fingerprint density at radius 3 is 2.52 bits per heavy atom. The lowest BCUT2D eigenvalue weighted by molar-refractivity contribution is -0.132. The Morgan fingerprint density at radius 1 is 1.16 bits per heavy atom. The number of nitrogens with zero attached hydrogens (tertiary/aromatic N) is 6. The molecule has 0 aliphatic carbocycles. The average molecular weight is 385 g/mol. The molecule has 0 spiro atoms. The monoisotopic (exact) mass is 384 g/mol.